The molecule has 0 aliphatic heterocycles. The molecule has 102 valence electrons. The molecule has 20 heavy (non-hydrogen) atoms. The molecule has 0 bridgehead atoms. The Balaban J connectivity index is 2.16. The molecule has 3 rings (SSSR count). The molecule has 0 radical (unpaired) electrons. The monoisotopic (exact) mass is 303 g/mol. The van der Waals surface area contributed by atoms with Crippen molar-refractivity contribution in [1.29, 1.82) is 0 Å². The van der Waals surface area contributed by atoms with Crippen molar-refractivity contribution in [2.75, 3.05) is 0 Å². The Bertz CT molecular complexity index is 811. The van der Waals surface area contributed by atoms with Gasteiger partial charge in [-0.25, -0.2) is 4.98 Å². The van der Waals surface area contributed by atoms with E-state index in [1.165, 1.54) is 0 Å². The van der Waals surface area contributed by atoms with E-state index in [0.717, 1.165) is 11.6 Å². The maximum atomic E-state index is 5.35. The molecule has 0 aliphatic carbocycles. The van der Waals surface area contributed by atoms with E-state index in [1.54, 1.807) is 0 Å². The Labute approximate surface area is 126 Å². The molecule has 0 saturated carbocycles. The van der Waals surface area contributed by atoms with Gasteiger partial charge in [-0.1, -0.05) is 6.07 Å². The normalized spacial score (nSPS) is 10.9. The zero-order valence-corrected chi connectivity index (χ0v) is 12.7. The van der Waals surface area contributed by atoms with Crippen molar-refractivity contribution in [3.8, 4) is 11.6 Å². The first-order valence-electron chi connectivity index (χ1n) is 6.04. The van der Waals surface area contributed by atoms with E-state index in [9.17, 15) is 0 Å². The number of pyridine rings is 1. The number of rotatable bonds is 2. The molecule has 0 saturated heterocycles. The Morgan fingerprint density at radius 3 is 1.60 bits per heavy atom. The molecule has 0 aliphatic rings. The number of hydrogen-bond donors (Lipinski definition) is 0. The highest BCUT2D eigenvalue weighted by Gasteiger charge is 2.05. The van der Waals surface area contributed by atoms with E-state index in [0.29, 0.717) is 9.54 Å². The minimum absolute atomic E-state index is 0.700. The molecule has 5 nitrogen and oxygen atoms in total. The van der Waals surface area contributed by atoms with Gasteiger partial charge >= 0.3 is 0 Å². The second kappa shape index (κ2) is 4.84. The Kier molecular flexibility index (Phi) is 3.15. The van der Waals surface area contributed by atoms with Crippen molar-refractivity contribution in [1.82, 2.24) is 23.3 Å². The molecule has 0 atom stereocenters. The van der Waals surface area contributed by atoms with Crippen LogP contribution in [0.5, 0.6) is 0 Å². The van der Waals surface area contributed by atoms with Crippen LogP contribution in [0, 0.1) is 9.54 Å². The summed E-state index contributed by atoms with van der Waals surface area (Å²) in [6.45, 7) is 0. The first-order chi connectivity index (χ1) is 9.58. The number of imidazole rings is 2. The lowest BCUT2D eigenvalue weighted by atomic mass is 10.4. The second-order valence-electron chi connectivity index (χ2n) is 4.48. The van der Waals surface area contributed by atoms with Crippen molar-refractivity contribution >= 4 is 24.4 Å². The molecule has 0 N–H and O–H groups in total. The molecule has 0 aromatic carbocycles. The number of hydrogen-bond acceptors (Lipinski definition) is 3. The standard InChI is InChI=1S/C13H13N5S2/c1-15-6-8-17(12(15)19)10-4-3-5-11(14-10)18-9-7-16(2)13(18)20/h3-9H,1-2H3. The van der Waals surface area contributed by atoms with Crippen molar-refractivity contribution in [2.45, 2.75) is 0 Å². The van der Waals surface area contributed by atoms with Crippen LogP contribution in [0.3, 0.4) is 0 Å². The fourth-order valence-electron chi connectivity index (χ4n) is 1.96. The van der Waals surface area contributed by atoms with Gasteiger partial charge in [0.15, 0.2) is 9.54 Å². The summed E-state index contributed by atoms with van der Waals surface area (Å²) in [7, 11) is 3.83. The third kappa shape index (κ3) is 2.04. The van der Waals surface area contributed by atoms with Crippen LogP contribution in [-0.2, 0) is 14.1 Å². The lowest BCUT2D eigenvalue weighted by Crippen LogP contribution is -2.03. The summed E-state index contributed by atoms with van der Waals surface area (Å²) in [5.41, 5.74) is 0. The first-order valence-corrected chi connectivity index (χ1v) is 6.85. The van der Waals surface area contributed by atoms with Gasteiger partial charge in [0.1, 0.15) is 11.6 Å². The lowest BCUT2D eigenvalue weighted by Gasteiger charge is -2.06. The molecular weight excluding hydrogens is 290 g/mol. The predicted molar refractivity (Wildman–Crippen MR) is 82.5 cm³/mol. The number of aryl methyl sites for hydroxylation is 2. The van der Waals surface area contributed by atoms with Crippen LogP contribution >= 0.6 is 24.4 Å². The number of aromatic nitrogens is 5. The highest BCUT2D eigenvalue weighted by Crippen LogP contribution is 2.12. The second-order valence-corrected chi connectivity index (χ2v) is 5.21. The van der Waals surface area contributed by atoms with E-state index in [1.807, 2.05) is 75.4 Å². The van der Waals surface area contributed by atoms with Gasteiger partial charge in [-0.05, 0) is 36.6 Å². The SMILES string of the molecule is Cn1ccn(-c2cccc(-n3ccn(C)c3=S)n2)c1=S. The summed E-state index contributed by atoms with van der Waals surface area (Å²) in [6, 6.07) is 5.79. The fourth-order valence-corrected chi connectivity index (χ4v) is 2.39. The fraction of sp³-hybridized carbons (Fsp3) is 0.154. The van der Waals surface area contributed by atoms with E-state index in [4.69, 9.17) is 24.4 Å². The highest BCUT2D eigenvalue weighted by molar-refractivity contribution is 7.71. The van der Waals surface area contributed by atoms with E-state index < -0.39 is 0 Å². The average molecular weight is 303 g/mol. The van der Waals surface area contributed by atoms with Crippen LogP contribution in [0.2, 0.25) is 0 Å². The molecule has 3 aromatic heterocycles. The Hall–Kier alpha value is -1.99. The molecule has 3 heterocycles. The molecular formula is C13H13N5S2. The van der Waals surface area contributed by atoms with Crippen LogP contribution in [0.1, 0.15) is 0 Å². The summed E-state index contributed by atoms with van der Waals surface area (Å²) in [6.07, 6.45) is 7.62. The van der Waals surface area contributed by atoms with Gasteiger partial charge in [-0.3, -0.25) is 9.13 Å². The van der Waals surface area contributed by atoms with Crippen LogP contribution in [-0.4, -0.2) is 23.3 Å². The summed E-state index contributed by atoms with van der Waals surface area (Å²) < 4.78 is 8.88. The topological polar surface area (TPSA) is 32.6 Å². The summed E-state index contributed by atoms with van der Waals surface area (Å²) in [4.78, 5) is 4.63. The van der Waals surface area contributed by atoms with E-state index >= 15 is 0 Å². The molecule has 0 fully saturated rings. The summed E-state index contributed by atoms with van der Waals surface area (Å²) in [5, 5.41) is 0. The smallest absolute Gasteiger partial charge is 0.185 e. The molecule has 7 heteroatoms. The zero-order chi connectivity index (χ0) is 14.3. The largest absolute Gasteiger partial charge is 0.327 e. The van der Waals surface area contributed by atoms with Crippen LogP contribution in [0.15, 0.2) is 43.0 Å². The summed E-state index contributed by atoms with van der Waals surface area (Å²) >= 11 is 10.7. The quantitative estimate of drug-likeness (QED) is 0.683. The first kappa shape index (κ1) is 13.0. The van der Waals surface area contributed by atoms with Crippen LogP contribution in [0.4, 0.5) is 0 Å². The van der Waals surface area contributed by atoms with Crippen LogP contribution < -0.4 is 0 Å². The van der Waals surface area contributed by atoms with Gasteiger partial charge in [0.05, 0.1) is 0 Å². The van der Waals surface area contributed by atoms with Gasteiger partial charge in [-0.15, -0.1) is 0 Å². The maximum Gasteiger partial charge on any atom is 0.185 e. The maximum absolute atomic E-state index is 5.35. The average Bonchev–Trinajstić information content (AvgIpc) is 2.95. The Morgan fingerprint density at radius 1 is 0.800 bits per heavy atom. The van der Waals surface area contributed by atoms with Crippen molar-refractivity contribution in [3.05, 3.63) is 52.5 Å². The minimum atomic E-state index is 0.700. The molecule has 3 aromatic rings. The van der Waals surface area contributed by atoms with Gasteiger partial charge in [-0.2, -0.15) is 0 Å². The van der Waals surface area contributed by atoms with Gasteiger partial charge < -0.3 is 9.13 Å². The minimum Gasteiger partial charge on any atom is -0.327 e. The highest BCUT2D eigenvalue weighted by atomic mass is 32.1. The molecule has 0 amide bonds. The zero-order valence-electron chi connectivity index (χ0n) is 11.1. The molecule has 0 unspecified atom stereocenters. The van der Waals surface area contributed by atoms with Gasteiger partial charge in [0, 0.05) is 38.9 Å². The Morgan fingerprint density at radius 2 is 1.25 bits per heavy atom. The lowest BCUT2D eigenvalue weighted by molar-refractivity contribution is 0.831. The van der Waals surface area contributed by atoms with E-state index in [2.05, 4.69) is 4.98 Å². The predicted octanol–water partition coefficient (Wildman–Crippen LogP) is 2.80. The third-order valence-electron chi connectivity index (χ3n) is 3.11. The third-order valence-corrected chi connectivity index (χ3v) is 4.08. The van der Waals surface area contributed by atoms with Gasteiger partial charge in [0.25, 0.3) is 0 Å². The summed E-state index contributed by atoms with van der Waals surface area (Å²) in [5.74, 6) is 1.55. The van der Waals surface area contributed by atoms with Crippen molar-refractivity contribution < 1.29 is 0 Å². The number of nitrogens with zero attached hydrogens (tertiary/aromatic N) is 5. The van der Waals surface area contributed by atoms with Crippen molar-refractivity contribution in [3.63, 3.8) is 0 Å². The van der Waals surface area contributed by atoms with Gasteiger partial charge in [0.2, 0.25) is 0 Å². The van der Waals surface area contributed by atoms with Crippen LogP contribution in [0.25, 0.3) is 11.6 Å². The molecule has 0 spiro atoms. The van der Waals surface area contributed by atoms with E-state index in [-0.39, 0.29) is 0 Å². The van der Waals surface area contributed by atoms with Crippen molar-refractivity contribution in [2.24, 2.45) is 14.1 Å².